The molecular formula is C16H20F3N3O4S. The lowest BCUT2D eigenvalue weighted by molar-refractivity contribution is -0.205. The number of nitriles is 1. The Morgan fingerprint density at radius 3 is 2.22 bits per heavy atom. The molecule has 0 unspecified atom stereocenters. The van der Waals surface area contributed by atoms with Crippen molar-refractivity contribution in [2.75, 3.05) is 18.5 Å². The summed E-state index contributed by atoms with van der Waals surface area (Å²) < 4.78 is 50.9. The van der Waals surface area contributed by atoms with E-state index in [1.807, 2.05) is 11.4 Å². The number of halogens is 3. The standard InChI is InChI=1S/C16H20F3N3O4S/c1-5-10-9(4)27-12(11(10)8-20)21-15(16(17,18)19,13(23)25-6-2)22-14(24)26-7-3/h21H,5-7H2,1-4H3,(H,22,24)/t15-/m0/s1. The molecular weight excluding hydrogens is 387 g/mol. The van der Waals surface area contributed by atoms with Crippen molar-refractivity contribution in [3.63, 3.8) is 0 Å². The first-order valence-electron chi connectivity index (χ1n) is 8.07. The van der Waals surface area contributed by atoms with E-state index < -0.39 is 23.9 Å². The number of nitrogens with one attached hydrogen (secondary N) is 2. The first kappa shape index (κ1) is 22.6. The molecule has 0 spiro atoms. The van der Waals surface area contributed by atoms with Crippen LogP contribution in [0.4, 0.5) is 23.0 Å². The second-order valence-corrected chi connectivity index (χ2v) is 6.47. The van der Waals surface area contributed by atoms with E-state index in [1.165, 1.54) is 19.2 Å². The van der Waals surface area contributed by atoms with Crippen molar-refractivity contribution < 1.29 is 32.2 Å². The van der Waals surface area contributed by atoms with Crippen molar-refractivity contribution >= 4 is 28.4 Å². The molecule has 0 saturated carbocycles. The Hall–Kier alpha value is -2.48. The van der Waals surface area contributed by atoms with Crippen LogP contribution >= 0.6 is 11.3 Å². The quantitative estimate of drug-likeness (QED) is 0.530. The van der Waals surface area contributed by atoms with Gasteiger partial charge in [-0.2, -0.15) is 18.4 Å². The Morgan fingerprint density at radius 2 is 1.78 bits per heavy atom. The van der Waals surface area contributed by atoms with E-state index >= 15 is 0 Å². The average Bonchev–Trinajstić information content (AvgIpc) is 2.87. The van der Waals surface area contributed by atoms with E-state index in [2.05, 4.69) is 9.47 Å². The summed E-state index contributed by atoms with van der Waals surface area (Å²) in [6, 6.07) is 1.84. The molecule has 0 aliphatic rings. The Morgan fingerprint density at radius 1 is 1.19 bits per heavy atom. The van der Waals surface area contributed by atoms with Crippen LogP contribution in [0.25, 0.3) is 0 Å². The molecule has 0 aromatic carbocycles. The summed E-state index contributed by atoms with van der Waals surface area (Å²) >= 11 is 0.876. The maximum atomic E-state index is 13.9. The van der Waals surface area contributed by atoms with Crippen molar-refractivity contribution in [1.82, 2.24) is 5.32 Å². The summed E-state index contributed by atoms with van der Waals surface area (Å²) in [5.41, 5.74) is -3.08. The van der Waals surface area contributed by atoms with Gasteiger partial charge in [-0.15, -0.1) is 11.3 Å². The van der Waals surface area contributed by atoms with Gasteiger partial charge in [0.05, 0.1) is 18.8 Å². The summed E-state index contributed by atoms with van der Waals surface area (Å²) in [5, 5.41) is 12.7. The maximum absolute atomic E-state index is 13.9. The van der Waals surface area contributed by atoms with E-state index in [4.69, 9.17) is 0 Å². The van der Waals surface area contributed by atoms with E-state index in [0.717, 1.165) is 11.3 Å². The third-order valence-electron chi connectivity index (χ3n) is 3.55. The molecule has 1 aromatic rings. The van der Waals surface area contributed by atoms with Gasteiger partial charge in [0.2, 0.25) is 0 Å². The van der Waals surface area contributed by atoms with Crippen LogP contribution in [0.5, 0.6) is 0 Å². The summed E-state index contributed by atoms with van der Waals surface area (Å²) in [6.45, 7) is 5.57. The lowest BCUT2D eigenvalue weighted by Gasteiger charge is -2.34. The molecule has 11 heteroatoms. The second-order valence-electron chi connectivity index (χ2n) is 5.24. The normalized spacial score (nSPS) is 13.3. The number of aryl methyl sites for hydroxylation is 1. The number of esters is 1. The van der Waals surface area contributed by atoms with Gasteiger partial charge in [-0.05, 0) is 32.8 Å². The number of carbonyl (C=O) groups excluding carboxylic acids is 2. The molecule has 2 N–H and O–H groups in total. The van der Waals surface area contributed by atoms with Crippen molar-refractivity contribution in [2.45, 2.75) is 46.0 Å². The number of thiophene rings is 1. The van der Waals surface area contributed by atoms with Gasteiger partial charge in [0.1, 0.15) is 11.1 Å². The van der Waals surface area contributed by atoms with Crippen molar-refractivity contribution in [1.29, 1.82) is 5.26 Å². The fraction of sp³-hybridized carbons (Fsp3) is 0.562. The van der Waals surface area contributed by atoms with Gasteiger partial charge in [0, 0.05) is 4.88 Å². The molecule has 0 saturated heterocycles. The molecule has 1 aromatic heterocycles. The van der Waals surface area contributed by atoms with Gasteiger partial charge in [-0.25, -0.2) is 9.59 Å². The summed E-state index contributed by atoms with van der Waals surface area (Å²) in [6.07, 6.45) is -6.34. The predicted molar refractivity (Wildman–Crippen MR) is 92.3 cm³/mol. The number of alkyl carbamates (subject to hydrolysis) is 1. The molecule has 0 fully saturated rings. The zero-order chi connectivity index (χ0) is 20.8. The summed E-state index contributed by atoms with van der Waals surface area (Å²) in [4.78, 5) is 24.6. The van der Waals surface area contributed by atoms with Crippen molar-refractivity contribution in [2.24, 2.45) is 0 Å². The average molecular weight is 407 g/mol. The molecule has 0 aliphatic heterocycles. The van der Waals surface area contributed by atoms with Crippen LogP contribution in [-0.4, -0.2) is 37.1 Å². The number of hydrogen-bond donors (Lipinski definition) is 2. The van der Waals surface area contributed by atoms with Gasteiger partial charge in [-0.1, -0.05) is 6.92 Å². The number of hydrogen-bond acceptors (Lipinski definition) is 7. The monoisotopic (exact) mass is 407 g/mol. The minimum absolute atomic E-state index is 0.0245. The highest BCUT2D eigenvalue weighted by Gasteiger charge is 2.64. The smallest absolute Gasteiger partial charge is 0.442 e. The van der Waals surface area contributed by atoms with Gasteiger partial charge in [0.25, 0.3) is 0 Å². The topological polar surface area (TPSA) is 100 Å². The van der Waals surface area contributed by atoms with Gasteiger partial charge in [0.15, 0.2) is 0 Å². The lowest BCUT2D eigenvalue weighted by atomic mass is 10.1. The van der Waals surface area contributed by atoms with Crippen LogP contribution in [0.2, 0.25) is 0 Å². The molecule has 0 bridgehead atoms. The Kier molecular flexibility index (Phi) is 7.47. The molecule has 27 heavy (non-hydrogen) atoms. The number of nitrogens with zero attached hydrogens (tertiary/aromatic N) is 1. The minimum atomic E-state index is -5.29. The maximum Gasteiger partial charge on any atom is 0.442 e. The number of carbonyl (C=O) groups is 2. The first-order chi connectivity index (χ1) is 12.6. The zero-order valence-electron chi connectivity index (χ0n) is 15.2. The van der Waals surface area contributed by atoms with E-state index in [1.54, 1.807) is 13.8 Å². The van der Waals surface area contributed by atoms with E-state index in [-0.39, 0.29) is 23.8 Å². The molecule has 0 radical (unpaired) electrons. The van der Waals surface area contributed by atoms with Crippen LogP contribution in [0.1, 0.15) is 36.8 Å². The highest BCUT2D eigenvalue weighted by molar-refractivity contribution is 7.16. The largest absolute Gasteiger partial charge is 0.463 e. The fourth-order valence-corrected chi connectivity index (χ4v) is 3.48. The van der Waals surface area contributed by atoms with Gasteiger partial charge in [-0.3, -0.25) is 5.32 Å². The van der Waals surface area contributed by atoms with Gasteiger partial charge >= 0.3 is 23.9 Å². The highest BCUT2D eigenvalue weighted by Crippen LogP contribution is 2.39. The van der Waals surface area contributed by atoms with E-state index in [9.17, 15) is 28.0 Å². The molecule has 1 amide bonds. The third kappa shape index (κ3) is 4.63. The van der Waals surface area contributed by atoms with Crippen molar-refractivity contribution in [3.8, 4) is 6.07 Å². The Bertz CT molecular complexity index is 742. The fourth-order valence-electron chi connectivity index (χ4n) is 2.33. The number of rotatable bonds is 7. The number of ether oxygens (including phenoxy) is 2. The highest BCUT2D eigenvalue weighted by atomic mass is 32.1. The lowest BCUT2D eigenvalue weighted by Crippen LogP contribution is -2.69. The molecule has 1 rings (SSSR count). The zero-order valence-corrected chi connectivity index (χ0v) is 16.1. The Balaban J connectivity index is 3.55. The Labute approximate surface area is 158 Å². The molecule has 0 aliphatic carbocycles. The predicted octanol–water partition coefficient (Wildman–Crippen LogP) is 3.47. The van der Waals surface area contributed by atoms with Crippen LogP contribution < -0.4 is 10.6 Å². The molecule has 150 valence electrons. The minimum Gasteiger partial charge on any atom is -0.463 e. The second kappa shape index (κ2) is 8.94. The van der Waals surface area contributed by atoms with Crippen LogP contribution in [0.3, 0.4) is 0 Å². The van der Waals surface area contributed by atoms with Crippen LogP contribution in [0.15, 0.2) is 0 Å². The molecule has 1 atom stereocenters. The van der Waals surface area contributed by atoms with Crippen LogP contribution in [0, 0.1) is 18.3 Å². The van der Waals surface area contributed by atoms with Crippen molar-refractivity contribution in [3.05, 3.63) is 16.0 Å². The van der Waals surface area contributed by atoms with Gasteiger partial charge < -0.3 is 14.8 Å². The molecule has 7 nitrogen and oxygen atoms in total. The number of alkyl halides is 3. The summed E-state index contributed by atoms with van der Waals surface area (Å²) in [5.74, 6) is -1.77. The van der Waals surface area contributed by atoms with Crippen LogP contribution in [-0.2, 0) is 20.7 Å². The summed E-state index contributed by atoms with van der Waals surface area (Å²) in [7, 11) is 0. The third-order valence-corrected chi connectivity index (χ3v) is 4.61. The number of anilines is 1. The van der Waals surface area contributed by atoms with E-state index in [0.29, 0.717) is 16.9 Å². The SMILES string of the molecule is CCOC(=O)N[C@@](Nc1sc(C)c(CC)c1C#N)(C(=O)OCC)C(F)(F)F. The molecule has 1 heterocycles. The number of amides is 1. The first-order valence-corrected chi connectivity index (χ1v) is 8.88.